The lowest BCUT2D eigenvalue weighted by Crippen LogP contribution is -2.09. The van der Waals surface area contributed by atoms with E-state index in [1.54, 1.807) is 19.4 Å². The Balaban J connectivity index is 2.54. The van der Waals surface area contributed by atoms with E-state index in [0.29, 0.717) is 11.4 Å². The van der Waals surface area contributed by atoms with Crippen molar-refractivity contribution in [2.24, 2.45) is 0 Å². The van der Waals surface area contributed by atoms with Gasteiger partial charge >= 0.3 is 0 Å². The Morgan fingerprint density at radius 3 is 3.00 bits per heavy atom. The summed E-state index contributed by atoms with van der Waals surface area (Å²) in [5.41, 5.74) is 0.943. The van der Waals surface area contributed by atoms with Crippen LogP contribution < -0.4 is 10.3 Å². The first-order chi connectivity index (χ1) is 7.31. The molecule has 0 saturated heterocycles. The number of ether oxygens (including phenoxy) is 1. The molecule has 15 heavy (non-hydrogen) atoms. The highest BCUT2D eigenvalue weighted by Crippen LogP contribution is 2.18. The van der Waals surface area contributed by atoms with E-state index in [0.717, 1.165) is 5.56 Å². The van der Waals surface area contributed by atoms with Crippen LogP contribution in [0, 0.1) is 0 Å². The second-order valence-corrected chi connectivity index (χ2v) is 3.00. The van der Waals surface area contributed by atoms with Crippen molar-refractivity contribution in [2.45, 2.75) is 0 Å². The van der Waals surface area contributed by atoms with Crippen LogP contribution in [-0.2, 0) is 0 Å². The highest BCUT2D eigenvalue weighted by Gasteiger charge is 2.04. The van der Waals surface area contributed by atoms with Crippen molar-refractivity contribution in [3.8, 4) is 17.0 Å². The normalized spacial score (nSPS) is 9.93. The molecule has 0 saturated carbocycles. The van der Waals surface area contributed by atoms with Gasteiger partial charge in [0.05, 0.1) is 7.11 Å². The number of methoxy groups -OCH3 is 1. The van der Waals surface area contributed by atoms with Crippen LogP contribution in [0.15, 0.2) is 41.5 Å². The fourth-order valence-electron chi connectivity index (χ4n) is 1.33. The third-order valence-electron chi connectivity index (χ3n) is 2.05. The Morgan fingerprint density at radius 2 is 2.27 bits per heavy atom. The summed E-state index contributed by atoms with van der Waals surface area (Å²) >= 11 is 0. The summed E-state index contributed by atoms with van der Waals surface area (Å²) < 4.78 is 5.08. The Hall–Kier alpha value is -2.10. The molecule has 0 unspecified atom stereocenters. The molecule has 0 fully saturated rings. The zero-order chi connectivity index (χ0) is 10.7. The number of H-pyrrole nitrogens is 1. The summed E-state index contributed by atoms with van der Waals surface area (Å²) in [4.78, 5) is 18.1. The summed E-state index contributed by atoms with van der Waals surface area (Å²) in [6.45, 7) is 0. The topological polar surface area (TPSA) is 55.0 Å². The van der Waals surface area contributed by atoms with E-state index < -0.39 is 0 Å². The lowest BCUT2D eigenvalue weighted by Gasteiger charge is -2.02. The third kappa shape index (κ3) is 1.88. The van der Waals surface area contributed by atoms with E-state index in [1.807, 2.05) is 18.2 Å². The Bertz CT molecular complexity index is 520. The number of nitrogens with one attached hydrogen (secondary N) is 1. The van der Waals surface area contributed by atoms with E-state index in [9.17, 15) is 4.79 Å². The van der Waals surface area contributed by atoms with E-state index >= 15 is 0 Å². The number of nitrogens with zero attached hydrogens (tertiary/aromatic N) is 1. The minimum Gasteiger partial charge on any atom is -0.497 e. The van der Waals surface area contributed by atoms with Gasteiger partial charge in [0, 0.05) is 18.0 Å². The molecule has 1 heterocycles. The molecule has 0 aliphatic carbocycles. The minimum atomic E-state index is -0.203. The first kappa shape index (κ1) is 9.45. The van der Waals surface area contributed by atoms with E-state index in [-0.39, 0.29) is 5.56 Å². The Morgan fingerprint density at radius 1 is 1.40 bits per heavy atom. The largest absolute Gasteiger partial charge is 0.497 e. The summed E-state index contributed by atoms with van der Waals surface area (Å²) in [5.74, 6) is 0.706. The molecule has 0 bridgehead atoms. The van der Waals surface area contributed by atoms with Crippen molar-refractivity contribution >= 4 is 0 Å². The van der Waals surface area contributed by atoms with Crippen LogP contribution in [0.25, 0.3) is 11.3 Å². The quantitative estimate of drug-likeness (QED) is 0.801. The fraction of sp³-hybridized carbons (Fsp3) is 0.0909. The van der Waals surface area contributed by atoms with Crippen molar-refractivity contribution in [1.82, 2.24) is 9.97 Å². The van der Waals surface area contributed by atoms with Gasteiger partial charge in [0.25, 0.3) is 5.56 Å². The zero-order valence-electron chi connectivity index (χ0n) is 8.23. The van der Waals surface area contributed by atoms with Crippen molar-refractivity contribution in [2.75, 3.05) is 7.11 Å². The van der Waals surface area contributed by atoms with E-state index in [1.165, 1.54) is 6.20 Å². The molecule has 4 heteroatoms. The van der Waals surface area contributed by atoms with Gasteiger partial charge in [-0.15, -0.1) is 0 Å². The number of aromatic amines is 1. The van der Waals surface area contributed by atoms with Crippen LogP contribution in [0.5, 0.6) is 5.75 Å². The summed E-state index contributed by atoms with van der Waals surface area (Å²) in [5, 5.41) is 0. The highest BCUT2D eigenvalue weighted by molar-refractivity contribution is 5.59. The third-order valence-corrected chi connectivity index (χ3v) is 2.05. The predicted octanol–water partition coefficient (Wildman–Crippen LogP) is 1.45. The SMILES string of the molecule is COc1cccc(-c2ncc[nH]c2=O)c1. The van der Waals surface area contributed by atoms with Gasteiger partial charge < -0.3 is 9.72 Å². The smallest absolute Gasteiger partial charge is 0.274 e. The van der Waals surface area contributed by atoms with Crippen LogP contribution in [0.1, 0.15) is 0 Å². The maximum Gasteiger partial charge on any atom is 0.274 e. The van der Waals surface area contributed by atoms with Crippen molar-refractivity contribution in [1.29, 1.82) is 0 Å². The van der Waals surface area contributed by atoms with Crippen molar-refractivity contribution in [3.63, 3.8) is 0 Å². The summed E-state index contributed by atoms with van der Waals surface area (Å²) in [6, 6.07) is 7.24. The average Bonchev–Trinajstić information content (AvgIpc) is 2.30. The second kappa shape index (κ2) is 3.96. The van der Waals surface area contributed by atoms with Gasteiger partial charge in [-0.05, 0) is 12.1 Å². The molecule has 2 rings (SSSR count). The van der Waals surface area contributed by atoms with E-state index in [2.05, 4.69) is 9.97 Å². The molecule has 4 nitrogen and oxygen atoms in total. The van der Waals surface area contributed by atoms with Gasteiger partial charge in [-0.25, -0.2) is 4.98 Å². The molecule has 0 amide bonds. The van der Waals surface area contributed by atoms with Gasteiger partial charge in [-0.2, -0.15) is 0 Å². The average molecular weight is 202 g/mol. The molecule has 0 radical (unpaired) electrons. The molecule has 2 aromatic rings. The van der Waals surface area contributed by atoms with Gasteiger partial charge in [0.1, 0.15) is 11.4 Å². The molecule has 1 aromatic heterocycles. The van der Waals surface area contributed by atoms with Crippen LogP contribution >= 0.6 is 0 Å². The molecule has 1 N–H and O–H groups in total. The molecule has 1 aromatic carbocycles. The van der Waals surface area contributed by atoms with Crippen LogP contribution in [0.4, 0.5) is 0 Å². The monoisotopic (exact) mass is 202 g/mol. The number of aromatic nitrogens is 2. The molecular formula is C11H10N2O2. The van der Waals surface area contributed by atoms with Crippen molar-refractivity contribution < 1.29 is 4.74 Å². The molecule has 0 spiro atoms. The standard InChI is InChI=1S/C11H10N2O2/c1-15-9-4-2-3-8(7-9)10-11(14)13-6-5-12-10/h2-7H,1H3,(H,13,14). The highest BCUT2D eigenvalue weighted by atomic mass is 16.5. The number of hydrogen-bond donors (Lipinski definition) is 1. The number of benzene rings is 1. The lowest BCUT2D eigenvalue weighted by molar-refractivity contribution is 0.415. The maximum atomic E-state index is 11.5. The molecule has 0 atom stereocenters. The van der Waals surface area contributed by atoms with Crippen LogP contribution in [-0.4, -0.2) is 17.1 Å². The fourth-order valence-corrected chi connectivity index (χ4v) is 1.33. The Kier molecular flexibility index (Phi) is 2.49. The second-order valence-electron chi connectivity index (χ2n) is 3.00. The first-order valence-electron chi connectivity index (χ1n) is 4.49. The van der Waals surface area contributed by atoms with Crippen molar-refractivity contribution in [3.05, 3.63) is 47.0 Å². The van der Waals surface area contributed by atoms with Crippen LogP contribution in [0.3, 0.4) is 0 Å². The van der Waals surface area contributed by atoms with Gasteiger partial charge in [-0.1, -0.05) is 12.1 Å². The Labute approximate surface area is 86.6 Å². The number of hydrogen-bond acceptors (Lipinski definition) is 3. The summed E-state index contributed by atoms with van der Waals surface area (Å²) in [6.07, 6.45) is 3.06. The maximum absolute atomic E-state index is 11.5. The number of rotatable bonds is 2. The minimum absolute atomic E-state index is 0.203. The van der Waals surface area contributed by atoms with Gasteiger partial charge in [0.2, 0.25) is 0 Å². The zero-order valence-corrected chi connectivity index (χ0v) is 8.23. The van der Waals surface area contributed by atoms with Crippen LogP contribution in [0.2, 0.25) is 0 Å². The first-order valence-corrected chi connectivity index (χ1v) is 4.49. The van der Waals surface area contributed by atoms with E-state index in [4.69, 9.17) is 4.74 Å². The summed E-state index contributed by atoms with van der Waals surface area (Å²) in [7, 11) is 1.59. The molecule has 0 aliphatic rings. The predicted molar refractivity (Wildman–Crippen MR) is 56.8 cm³/mol. The molecule has 76 valence electrons. The van der Waals surface area contributed by atoms with Gasteiger partial charge in [0.15, 0.2) is 0 Å². The van der Waals surface area contributed by atoms with Gasteiger partial charge in [-0.3, -0.25) is 4.79 Å². The molecule has 0 aliphatic heterocycles. The lowest BCUT2D eigenvalue weighted by atomic mass is 10.1. The molecular weight excluding hydrogens is 192 g/mol.